The lowest BCUT2D eigenvalue weighted by Gasteiger charge is -2.27. The molecule has 2 aromatic carbocycles. The molecular weight excluding hydrogens is 380 g/mol. The molecule has 1 aliphatic rings. The SMILES string of the molecule is CCCc1n[nH]c2cc(O)c(C(=O)N(C)c3cccc(CN4CCOCC4)c3)cc12. The Kier molecular flexibility index (Phi) is 6.01. The minimum atomic E-state index is -0.249. The van der Waals surface area contributed by atoms with Crippen molar-refractivity contribution < 1.29 is 14.6 Å². The lowest BCUT2D eigenvalue weighted by atomic mass is 10.1. The van der Waals surface area contributed by atoms with Crippen LogP contribution in [0.1, 0.15) is 35.0 Å². The molecule has 1 fully saturated rings. The second kappa shape index (κ2) is 8.85. The molecule has 30 heavy (non-hydrogen) atoms. The lowest BCUT2D eigenvalue weighted by molar-refractivity contribution is 0.0342. The quantitative estimate of drug-likeness (QED) is 0.654. The number of fused-ring (bicyclic) bond motifs is 1. The third-order valence-electron chi connectivity index (χ3n) is 5.59. The summed E-state index contributed by atoms with van der Waals surface area (Å²) in [5, 5.41) is 18.6. The Bertz CT molecular complexity index is 1040. The van der Waals surface area contributed by atoms with E-state index in [4.69, 9.17) is 4.74 Å². The summed E-state index contributed by atoms with van der Waals surface area (Å²) in [4.78, 5) is 17.1. The number of phenolic OH excluding ortho intramolecular Hbond substituents is 1. The number of rotatable bonds is 6. The van der Waals surface area contributed by atoms with Gasteiger partial charge in [0.25, 0.3) is 5.91 Å². The van der Waals surface area contributed by atoms with Crippen molar-refractivity contribution in [1.82, 2.24) is 15.1 Å². The van der Waals surface area contributed by atoms with Gasteiger partial charge in [0.15, 0.2) is 0 Å². The van der Waals surface area contributed by atoms with E-state index in [2.05, 4.69) is 28.1 Å². The van der Waals surface area contributed by atoms with Gasteiger partial charge in [-0.05, 0) is 30.2 Å². The van der Waals surface area contributed by atoms with Gasteiger partial charge in [-0.15, -0.1) is 0 Å². The molecule has 2 heterocycles. The molecule has 0 aliphatic carbocycles. The van der Waals surface area contributed by atoms with E-state index in [9.17, 15) is 9.90 Å². The van der Waals surface area contributed by atoms with Gasteiger partial charge in [0, 0.05) is 43.8 Å². The topological polar surface area (TPSA) is 81.7 Å². The smallest absolute Gasteiger partial charge is 0.261 e. The average molecular weight is 409 g/mol. The third kappa shape index (κ3) is 4.17. The highest BCUT2D eigenvalue weighted by Crippen LogP contribution is 2.29. The summed E-state index contributed by atoms with van der Waals surface area (Å²) in [7, 11) is 1.74. The van der Waals surface area contributed by atoms with Gasteiger partial charge in [0.1, 0.15) is 5.75 Å². The van der Waals surface area contributed by atoms with Crippen molar-refractivity contribution in [3.05, 3.63) is 53.2 Å². The van der Waals surface area contributed by atoms with Crippen LogP contribution in [-0.2, 0) is 17.7 Å². The van der Waals surface area contributed by atoms with Gasteiger partial charge in [0.05, 0.1) is 30.0 Å². The number of aryl methyl sites for hydroxylation is 1. The molecule has 0 spiro atoms. The molecule has 1 saturated heterocycles. The Morgan fingerprint density at radius 1 is 1.27 bits per heavy atom. The number of carbonyl (C=O) groups excluding carboxylic acids is 1. The summed E-state index contributed by atoms with van der Waals surface area (Å²) in [6.07, 6.45) is 1.78. The minimum absolute atomic E-state index is 0.0458. The summed E-state index contributed by atoms with van der Waals surface area (Å²) < 4.78 is 5.41. The van der Waals surface area contributed by atoms with Crippen LogP contribution in [0.2, 0.25) is 0 Å². The van der Waals surface area contributed by atoms with Crippen molar-refractivity contribution in [3.63, 3.8) is 0 Å². The number of benzene rings is 2. The van der Waals surface area contributed by atoms with Gasteiger partial charge in [-0.25, -0.2) is 0 Å². The number of aromatic amines is 1. The predicted molar refractivity (Wildman–Crippen MR) is 117 cm³/mol. The van der Waals surface area contributed by atoms with Crippen molar-refractivity contribution in [2.75, 3.05) is 38.3 Å². The Morgan fingerprint density at radius 3 is 2.83 bits per heavy atom. The zero-order valence-electron chi connectivity index (χ0n) is 17.5. The highest BCUT2D eigenvalue weighted by molar-refractivity contribution is 6.09. The maximum Gasteiger partial charge on any atom is 0.261 e. The molecule has 0 radical (unpaired) electrons. The summed E-state index contributed by atoms with van der Waals surface area (Å²) in [5.41, 5.74) is 3.88. The van der Waals surface area contributed by atoms with Crippen LogP contribution in [0.3, 0.4) is 0 Å². The van der Waals surface area contributed by atoms with Crippen LogP contribution in [0.5, 0.6) is 5.75 Å². The molecule has 1 aliphatic heterocycles. The number of phenols is 1. The van der Waals surface area contributed by atoms with Gasteiger partial charge in [-0.3, -0.25) is 14.8 Å². The van der Waals surface area contributed by atoms with Crippen LogP contribution in [0, 0.1) is 0 Å². The van der Waals surface area contributed by atoms with Gasteiger partial charge in [-0.1, -0.05) is 25.5 Å². The summed E-state index contributed by atoms with van der Waals surface area (Å²) in [6, 6.07) is 11.3. The van der Waals surface area contributed by atoms with Crippen molar-refractivity contribution in [2.24, 2.45) is 0 Å². The van der Waals surface area contributed by atoms with E-state index < -0.39 is 0 Å². The van der Waals surface area contributed by atoms with E-state index >= 15 is 0 Å². The fourth-order valence-electron chi connectivity index (χ4n) is 3.88. The molecule has 0 bridgehead atoms. The lowest BCUT2D eigenvalue weighted by Crippen LogP contribution is -2.35. The molecule has 7 nitrogen and oxygen atoms in total. The number of amides is 1. The largest absolute Gasteiger partial charge is 0.507 e. The zero-order chi connectivity index (χ0) is 21.1. The number of hydrogen-bond donors (Lipinski definition) is 2. The summed E-state index contributed by atoms with van der Waals surface area (Å²) in [5.74, 6) is -0.294. The van der Waals surface area contributed by atoms with Gasteiger partial charge in [-0.2, -0.15) is 5.10 Å². The van der Waals surface area contributed by atoms with E-state index in [0.29, 0.717) is 0 Å². The molecule has 1 aromatic heterocycles. The normalized spacial score (nSPS) is 14.9. The molecule has 0 saturated carbocycles. The number of carbonyl (C=O) groups is 1. The van der Waals surface area contributed by atoms with E-state index in [1.165, 1.54) is 0 Å². The Balaban J connectivity index is 1.58. The first-order chi connectivity index (χ1) is 14.6. The standard InChI is InChI=1S/C23H28N4O3/c1-3-5-20-18-13-19(22(28)14-21(18)25-24-20)23(29)26(2)17-7-4-6-16(12-17)15-27-8-10-30-11-9-27/h4,6-7,12-14,28H,3,5,8-11,15H2,1-2H3,(H,24,25). The van der Waals surface area contributed by atoms with Crippen LogP contribution in [-0.4, -0.2) is 59.5 Å². The first-order valence-corrected chi connectivity index (χ1v) is 10.4. The van der Waals surface area contributed by atoms with Crippen LogP contribution >= 0.6 is 0 Å². The number of aromatic hydroxyl groups is 1. The van der Waals surface area contributed by atoms with E-state index in [1.54, 1.807) is 24.1 Å². The number of hydrogen-bond acceptors (Lipinski definition) is 5. The fraction of sp³-hybridized carbons (Fsp3) is 0.391. The number of H-pyrrole nitrogens is 1. The Hall–Kier alpha value is -2.90. The number of anilines is 1. The number of nitrogens with one attached hydrogen (secondary N) is 1. The maximum atomic E-state index is 13.2. The molecule has 1 amide bonds. The van der Waals surface area contributed by atoms with E-state index in [0.717, 1.165) is 73.5 Å². The zero-order valence-corrected chi connectivity index (χ0v) is 17.5. The van der Waals surface area contributed by atoms with E-state index in [1.807, 2.05) is 18.2 Å². The van der Waals surface area contributed by atoms with Crippen LogP contribution < -0.4 is 4.90 Å². The third-order valence-corrected chi connectivity index (χ3v) is 5.59. The summed E-state index contributed by atoms with van der Waals surface area (Å²) >= 11 is 0. The second-order valence-corrected chi connectivity index (χ2v) is 7.76. The Labute approximate surface area is 176 Å². The van der Waals surface area contributed by atoms with Gasteiger partial charge in [0.2, 0.25) is 0 Å². The summed E-state index contributed by atoms with van der Waals surface area (Å²) in [6.45, 7) is 6.26. The first kappa shape index (κ1) is 20.4. The molecule has 0 unspecified atom stereocenters. The molecule has 7 heteroatoms. The molecule has 2 N–H and O–H groups in total. The fourth-order valence-corrected chi connectivity index (χ4v) is 3.88. The Morgan fingerprint density at radius 2 is 2.07 bits per heavy atom. The number of aromatic nitrogens is 2. The van der Waals surface area contributed by atoms with Crippen molar-refractivity contribution in [3.8, 4) is 5.75 Å². The van der Waals surface area contributed by atoms with E-state index in [-0.39, 0.29) is 17.2 Å². The highest BCUT2D eigenvalue weighted by atomic mass is 16.5. The molecule has 3 aromatic rings. The predicted octanol–water partition coefficient (Wildman–Crippen LogP) is 3.33. The maximum absolute atomic E-state index is 13.2. The number of ether oxygens (including phenoxy) is 1. The average Bonchev–Trinajstić information content (AvgIpc) is 3.15. The van der Waals surface area contributed by atoms with Crippen molar-refractivity contribution >= 4 is 22.5 Å². The van der Waals surface area contributed by atoms with Crippen LogP contribution in [0.25, 0.3) is 10.9 Å². The van der Waals surface area contributed by atoms with Crippen LogP contribution in [0.15, 0.2) is 36.4 Å². The highest BCUT2D eigenvalue weighted by Gasteiger charge is 2.20. The molecular formula is C23H28N4O3. The molecule has 4 rings (SSSR count). The number of nitrogens with zero attached hydrogens (tertiary/aromatic N) is 3. The minimum Gasteiger partial charge on any atom is -0.507 e. The molecule has 0 atom stereocenters. The van der Waals surface area contributed by atoms with Gasteiger partial charge < -0.3 is 14.7 Å². The monoisotopic (exact) mass is 408 g/mol. The van der Waals surface area contributed by atoms with Gasteiger partial charge >= 0.3 is 0 Å². The first-order valence-electron chi connectivity index (χ1n) is 10.4. The second-order valence-electron chi connectivity index (χ2n) is 7.76. The molecule has 158 valence electrons. The van der Waals surface area contributed by atoms with Crippen molar-refractivity contribution in [2.45, 2.75) is 26.3 Å². The van der Waals surface area contributed by atoms with Crippen molar-refractivity contribution in [1.29, 1.82) is 0 Å². The van der Waals surface area contributed by atoms with Crippen LogP contribution in [0.4, 0.5) is 5.69 Å². The number of morpholine rings is 1.